The van der Waals surface area contributed by atoms with E-state index in [1.54, 1.807) is 13.8 Å². The van der Waals surface area contributed by atoms with Gasteiger partial charge in [-0.25, -0.2) is 0 Å². The van der Waals surface area contributed by atoms with Crippen molar-refractivity contribution < 1.29 is 24.5 Å². The molecule has 0 amide bonds. The molecule has 0 fully saturated rings. The maximum atomic E-state index is 10.3. The zero-order valence-corrected chi connectivity index (χ0v) is 9.53. The van der Waals surface area contributed by atoms with Crippen LogP contribution < -0.4 is 0 Å². The van der Waals surface area contributed by atoms with Gasteiger partial charge in [0, 0.05) is 6.92 Å². The van der Waals surface area contributed by atoms with E-state index < -0.39 is 0 Å². The summed E-state index contributed by atoms with van der Waals surface area (Å²) in [6.07, 6.45) is 0. The van der Waals surface area contributed by atoms with Crippen molar-refractivity contribution in [2.24, 2.45) is 0 Å². The summed E-state index contributed by atoms with van der Waals surface area (Å²) in [5.41, 5.74) is 0.676. The van der Waals surface area contributed by atoms with Gasteiger partial charge in [-0.2, -0.15) is 0 Å². The monoisotopic (exact) mass is 218 g/mol. The molecule has 0 aliphatic heterocycles. The van der Waals surface area contributed by atoms with Crippen LogP contribution in [0.5, 0.6) is 0 Å². The van der Waals surface area contributed by atoms with Gasteiger partial charge in [0.1, 0.15) is 12.4 Å². The molecule has 0 spiro atoms. The fourth-order valence-electron chi connectivity index (χ4n) is 0.414. The van der Waals surface area contributed by atoms with Crippen molar-refractivity contribution in [3.05, 3.63) is 11.3 Å². The van der Waals surface area contributed by atoms with Gasteiger partial charge in [-0.1, -0.05) is 0 Å². The van der Waals surface area contributed by atoms with Crippen molar-refractivity contribution >= 4 is 11.8 Å². The Morgan fingerprint density at radius 1 is 1.00 bits per heavy atom. The van der Waals surface area contributed by atoms with Crippen LogP contribution in [-0.2, 0) is 14.3 Å². The molecular formula is C10H18O5. The highest BCUT2D eigenvalue weighted by molar-refractivity contribution is 5.76. The summed E-state index contributed by atoms with van der Waals surface area (Å²) < 4.78 is 4.68. The van der Waals surface area contributed by atoms with Gasteiger partial charge >= 0.3 is 5.97 Å². The Balaban J connectivity index is 0. The molecule has 0 heterocycles. The Bertz CT molecular complexity index is 242. The third kappa shape index (κ3) is 12.8. The first kappa shape index (κ1) is 16.2. The molecule has 15 heavy (non-hydrogen) atoms. The van der Waals surface area contributed by atoms with Crippen LogP contribution in [0.2, 0.25) is 0 Å². The van der Waals surface area contributed by atoms with Crippen LogP contribution in [-0.4, -0.2) is 35.2 Å². The number of Topliss-reactive ketones (excluding diaryl/α,β-unsaturated/α-hetero) is 1. The summed E-state index contributed by atoms with van der Waals surface area (Å²) in [5, 5.41) is 16.4. The van der Waals surface area contributed by atoms with Crippen LogP contribution in [0, 0.1) is 0 Å². The highest BCUT2D eigenvalue weighted by atomic mass is 16.5. The maximum absolute atomic E-state index is 10.3. The van der Waals surface area contributed by atoms with Gasteiger partial charge in [0.2, 0.25) is 0 Å². The minimum atomic E-state index is -0.356. The average Bonchev–Trinajstić information content (AvgIpc) is 2.16. The van der Waals surface area contributed by atoms with Gasteiger partial charge in [-0.3, -0.25) is 9.59 Å². The molecule has 2 N–H and O–H groups in total. The Labute approximate surface area is 89.4 Å². The lowest BCUT2D eigenvalue weighted by Crippen LogP contribution is -2.00. The lowest BCUT2D eigenvalue weighted by Gasteiger charge is -2.03. The standard InChI is InChI=1S/C7H12O3.C3H6O2/c1-5(4-8)6(2)10-7(3)9;1-3(5)2-4/h8H,4H2,1-3H3;4H,2H2,1H3/b6-5-;. The van der Waals surface area contributed by atoms with Gasteiger partial charge in [-0.05, 0) is 26.3 Å². The van der Waals surface area contributed by atoms with Gasteiger partial charge in [0.15, 0.2) is 5.78 Å². The number of hydrogen-bond acceptors (Lipinski definition) is 5. The molecule has 0 radical (unpaired) electrons. The summed E-state index contributed by atoms with van der Waals surface area (Å²) in [6, 6.07) is 0. The van der Waals surface area contributed by atoms with Crippen molar-refractivity contribution in [3.63, 3.8) is 0 Å². The zero-order valence-electron chi connectivity index (χ0n) is 9.53. The first-order valence-corrected chi connectivity index (χ1v) is 4.41. The topological polar surface area (TPSA) is 83.8 Å². The normalized spacial score (nSPS) is 10.8. The predicted octanol–water partition coefficient (Wildman–Crippen LogP) is 0.403. The summed E-state index contributed by atoms with van der Waals surface area (Å²) >= 11 is 0. The second-order valence-electron chi connectivity index (χ2n) is 2.95. The van der Waals surface area contributed by atoms with Crippen molar-refractivity contribution in [3.8, 4) is 0 Å². The molecule has 0 rings (SSSR count). The van der Waals surface area contributed by atoms with Gasteiger partial charge in [-0.15, -0.1) is 0 Å². The smallest absolute Gasteiger partial charge is 0.307 e. The molecule has 0 aromatic heterocycles. The molecule has 0 aliphatic carbocycles. The largest absolute Gasteiger partial charge is 0.432 e. The minimum absolute atomic E-state index is 0.0703. The Kier molecular flexibility index (Phi) is 10.1. The van der Waals surface area contributed by atoms with Crippen molar-refractivity contribution in [1.82, 2.24) is 0 Å². The molecule has 0 unspecified atom stereocenters. The van der Waals surface area contributed by atoms with E-state index in [0.717, 1.165) is 0 Å². The molecule has 0 aliphatic rings. The van der Waals surface area contributed by atoms with Gasteiger partial charge in [0.05, 0.1) is 6.61 Å². The summed E-state index contributed by atoms with van der Waals surface area (Å²) in [7, 11) is 0. The van der Waals surface area contributed by atoms with Crippen LogP contribution in [0.3, 0.4) is 0 Å². The molecule has 5 heteroatoms. The van der Waals surface area contributed by atoms with Crippen LogP contribution in [0.4, 0.5) is 0 Å². The van der Waals surface area contributed by atoms with E-state index in [1.807, 2.05) is 0 Å². The number of carbonyl (C=O) groups is 2. The molecule has 88 valence electrons. The molecule has 5 nitrogen and oxygen atoms in total. The van der Waals surface area contributed by atoms with Crippen LogP contribution >= 0.6 is 0 Å². The zero-order chi connectivity index (χ0) is 12.4. The molecule has 0 saturated heterocycles. The number of ether oxygens (including phenoxy) is 1. The number of aliphatic hydroxyl groups excluding tert-OH is 2. The van der Waals surface area contributed by atoms with Crippen LogP contribution in [0.25, 0.3) is 0 Å². The number of ketones is 1. The van der Waals surface area contributed by atoms with Gasteiger partial charge < -0.3 is 14.9 Å². The second-order valence-corrected chi connectivity index (χ2v) is 2.95. The Hall–Kier alpha value is -1.20. The number of rotatable bonds is 3. The lowest BCUT2D eigenvalue weighted by atomic mass is 10.3. The summed E-state index contributed by atoms with van der Waals surface area (Å²) in [6.45, 7) is 5.61. The SMILES string of the molecule is CC(=O)CO.CC(=O)O/C(C)=C(/C)CO. The van der Waals surface area contributed by atoms with E-state index in [4.69, 9.17) is 10.2 Å². The summed E-state index contributed by atoms with van der Waals surface area (Å²) in [4.78, 5) is 19.9. The third-order valence-electron chi connectivity index (χ3n) is 1.36. The fraction of sp³-hybridized carbons (Fsp3) is 0.600. The van der Waals surface area contributed by atoms with E-state index >= 15 is 0 Å². The average molecular weight is 218 g/mol. The lowest BCUT2D eigenvalue weighted by molar-refractivity contribution is -0.136. The van der Waals surface area contributed by atoms with Crippen molar-refractivity contribution in [2.75, 3.05) is 13.2 Å². The van der Waals surface area contributed by atoms with Gasteiger partial charge in [0.25, 0.3) is 0 Å². The predicted molar refractivity (Wildman–Crippen MR) is 55.0 cm³/mol. The second kappa shape index (κ2) is 9.36. The Morgan fingerprint density at radius 3 is 1.60 bits per heavy atom. The first-order valence-electron chi connectivity index (χ1n) is 4.41. The van der Waals surface area contributed by atoms with E-state index in [-0.39, 0.29) is 25.0 Å². The molecule has 0 aromatic rings. The highest BCUT2D eigenvalue weighted by Crippen LogP contribution is 2.03. The molecule has 0 aromatic carbocycles. The maximum Gasteiger partial charge on any atom is 0.307 e. The summed E-state index contributed by atoms with van der Waals surface area (Å²) in [5.74, 6) is -0.0645. The molecule has 0 bridgehead atoms. The number of esters is 1. The first-order chi connectivity index (χ1) is 6.84. The van der Waals surface area contributed by atoms with Crippen LogP contribution in [0.15, 0.2) is 11.3 Å². The minimum Gasteiger partial charge on any atom is -0.432 e. The molecule has 0 atom stereocenters. The fourth-order valence-corrected chi connectivity index (χ4v) is 0.414. The van der Waals surface area contributed by atoms with E-state index in [1.165, 1.54) is 13.8 Å². The quantitative estimate of drug-likeness (QED) is 0.529. The van der Waals surface area contributed by atoms with E-state index in [2.05, 4.69) is 4.74 Å². The number of carbonyl (C=O) groups excluding carboxylic acids is 2. The van der Waals surface area contributed by atoms with Crippen molar-refractivity contribution in [1.29, 1.82) is 0 Å². The molecular weight excluding hydrogens is 200 g/mol. The van der Waals surface area contributed by atoms with Crippen LogP contribution in [0.1, 0.15) is 27.7 Å². The Morgan fingerprint density at radius 2 is 1.40 bits per heavy atom. The third-order valence-corrected chi connectivity index (χ3v) is 1.36. The van der Waals surface area contributed by atoms with E-state index in [0.29, 0.717) is 11.3 Å². The highest BCUT2D eigenvalue weighted by Gasteiger charge is 1.98. The molecule has 0 saturated carbocycles. The number of allylic oxidation sites excluding steroid dienone is 1. The number of aliphatic hydroxyl groups is 2. The van der Waals surface area contributed by atoms with E-state index in [9.17, 15) is 9.59 Å². The number of hydrogen-bond donors (Lipinski definition) is 2. The van der Waals surface area contributed by atoms with Crippen molar-refractivity contribution in [2.45, 2.75) is 27.7 Å².